The van der Waals surface area contributed by atoms with Gasteiger partial charge in [-0.3, -0.25) is 14.6 Å². The molecule has 0 saturated carbocycles. The third-order valence-corrected chi connectivity index (χ3v) is 3.57. The Morgan fingerprint density at radius 3 is 2.90 bits per heavy atom. The highest BCUT2D eigenvalue weighted by atomic mass is 16.2. The lowest BCUT2D eigenvalue weighted by atomic mass is 9.92. The molecule has 0 aromatic carbocycles. The van der Waals surface area contributed by atoms with Crippen LogP contribution >= 0.6 is 0 Å². The van der Waals surface area contributed by atoms with Crippen molar-refractivity contribution in [1.82, 2.24) is 4.98 Å². The number of hydrogen-bond donors (Lipinski definition) is 2. The lowest BCUT2D eigenvalue weighted by Crippen LogP contribution is -2.39. The van der Waals surface area contributed by atoms with Crippen LogP contribution in [-0.2, 0) is 9.59 Å². The van der Waals surface area contributed by atoms with E-state index in [4.69, 9.17) is 0 Å². The van der Waals surface area contributed by atoms with Crippen molar-refractivity contribution in [1.29, 1.82) is 0 Å². The van der Waals surface area contributed by atoms with E-state index in [0.717, 1.165) is 11.4 Å². The second kappa shape index (κ2) is 5.28. The minimum Gasteiger partial charge on any atom is -0.371 e. The zero-order valence-electron chi connectivity index (χ0n) is 10.9. The van der Waals surface area contributed by atoms with Gasteiger partial charge in [0.2, 0.25) is 5.91 Å². The number of hydrogen-bond acceptors (Lipinski definition) is 4. The summed E-state index contributed by atoms with van der Waals surface area (Å²) in [6.07, 6.45) is 11.7. The lowest BCUT2D eigenvalue weighted by Gasteiger charge is -2.27. The summed E-state index contributed by atoms with van der Waals surface area (Å²) in [5.74, 6) is -0.0813. The molecule has 1 aromatic rings. The number of ketones is 1. The fourth-order valence-corrected chi connectivity index (χ4v) is 2.45. The second-order valence-electron chi connectivity index (χ2n) is 4.94. The number of allylic oxidation sites excluding steroid dienone is 4. The van der Waals surface area contributed by atoms with Crippen molar-refractivity contribution in [2.75, 3.05) is 10.6 Å². The largest absolute Gasteiger partial charge is 0.371 e. The topological polar surface area (TPSA) is 71.1 Å². The molecule has 0 radical (unpaired) electrons. The molecule has 2 aliphatic rings. The van der Waals surface area contributed by atoms with Crippen LogP contribution in [0, 0.1) is 5.92 Å². The van der Waals surface area contributed by atoms with Gasteiger partial charge < -0.3 is 10.6 Å². The number of anilines is 2. The van der Waals surface area contributed by atoms with Crippen LogP contribution in [-0.4, -0.2) is 22.7 Å². The molecule has 2 unspecified atom stereocenters. The van der Waals surface area contributed by atoms with Gasteiger partial charge in [-0.05, 0) is 25.0 Å². The number of nitrogens with zero attached hydrogens (tertiary/aromatic N) is 1. The molecule has 0 saturated heterocycles. The number of aromatic nitrogens is 1. The van der Waals surface area contributed by atoms with E-state index in [9.17, 15) is 9.59 Å². The molecule has 20 heavy (non-hydrogen) atoms. The summed E-state index contributed by atoms with van der Waals surface area (Å²) in [4.78, 5) is 27.7. The molecule has 3 rings (SSSR count). The molecule has 1 aliphatic carbocycles. The van der Waals surface area contributed by atoms with Gasteiger partial charge in [0, 0.05) is 12.1 Å². The molecule has 2 atom stereocenters. The van der Waals surface area contributed by atoms with E-state index in [1.165, 1.54) is 0 Å². The SMILES string of the molecule is O=C1C=CC=CC1CCC1Nc2cnccc2NC1=O. The van der Waals surface area contributed by atoms with Crippen LogP contribution in [0.15, 0.2) is 42.8 Å². The molecule has 0 bridgehead atoms. The molecular formula is C15H15N3O2. The average Bonchev–Trinajstić information content (AvgIpc) is 2.46. The number of nitrogens with one attached hydrogen (secondary N) is 2. The molecule has 0 spiro atoms. The fraction of sp³-hybridized carbons (Fsp3) is 0.267. The van der Waals surface area contributed by atoms with Crippen LogP contribution in [0.3, 0.4) is 0 Å². The standard InChI is InChI=1S/C15H15N3O2/c19-14-4-2-1-3-10(14)5-6-12-15(20)18-11-7-8-16-9-13(11)17-12/h1-4,7-10,12,17H,5-6H2,(H,18,20). The van der Waals surface area contributed by atoms with Crippen molar-refractivity contribution >= 4 is 23.1 Å². The molecular weight excluding hydrogens is 254 g/mol. The molecule has 102 valence electrons. The Hall–Kier alpha value is -2.43. The van der Waals surface area contributed by atoms with Crippen LogP contribution in [0.1, 0.15) is 12.8 Å². The third-order valence-electron chi connectivity index (χ3n) is 3.57. The summed E-state index contributed by atoms with van der Waals surface area (Å²) in [5.41, 5.74) is 1.57. The first-order valence-electron chi connectivity index (χ1n) is 6.64. The molecule has 0 fully saturated rings. The molecule has 2 N–H and O–H groups in total. The predicted molar refractivity (Wildman–Crippen MR) is 76.3 cm³/mol. The smallest absolute Gasteiger partial charge is 0.246 e. The molecule has 5 heteroatoms. The summed E-state index contributed by atoms with van der Waals surface area (Å²) in [6.45, 7) is 0. The first-order chi connectivity index (χ1) is 9.74. The summed E-state index contributed by atoms with van der Waals surface area (Å²) >= 11 is 0. The number of carbonyl (C=O) groups is 2. The average molecular weight is 269 g/mol. The van der Waals surface area contributed by atoms with Crippen molar-refractivity contribution < 1.29 is 9.59 Å². The zero-order valence-corrected chi connectivity index (χ0v) is 10.9. The van der Waals surface area contributed by atoms with Crippen molar-refractivity contribution in [3.05, 3.63) is 42.8 Å². The quantitative estimate of drug-likeness (QED) is 0.879. The summed E-state index contributed by atoms with van der Waals surface area (Å²) in [6, 6.07) is 1.44. The van der Waals surface area contributed by atoms with E-state index in [1.54, 1.807) is 30.6 Å². The van der Waals surface area contributed by atoms with Crippen LogP contribution in [0.5, 0.6) is 0 Å². The Balaban J connectivity index is 1.64. The first kappa shape index (κ1) is 12.6. The van der Waals surface area contributed by atoms with Crippen molar-refractivity contribution in [3.63, 3.8) is 0 Å². The molecule has 2 heterocycles. The summed E-state index contributed by atoms with van der Waals surface area (Å²) in [5, 5.41) is 6.02. The Morgan fingerprint density at radius 1 is 1.15 bits per heavy atom. The third kappa shape index (κ3) is 2.47. The van der Waals surface area contributed by atoms with Crippen molar-refractivity contribution in [2.24, 2.45) is 5.92 Å². The number of fused-ring (bicyclic) bond motifs is 1. The van der Waals surface area contributed by atoms with Crippen LogP contribution in [0.2, 0.25) is 0 Å². The predicted octanol–water partition coefficient (Wildman–Crippen LogP) is 1.91. The van der Waals surface area contributed by atoms with E-state index >= 15 is 0 Å². The minimum absolute atomic E-state index is 0.0634. The maximum absolute atomic E-state index is 12.0. The number of carbonyl (C=O) groups excluding carboxylic acids is 2. The highest BCUT2D eigenvalue weighted by Gasteiger charge is 2.26. The maximum Gasteiger partial charge on any atom is 0.246 e. The van der Waals surface area contributed by atoms with Gasteiger partial charge in [-0.25, -0.2) is 0 Å². The Kier molecular flexibility index (Phi) is 3.33. The van der Waals surface area contributed by atoms with Crippen LogP contribution in [0.4, 0.5) is 11.4 Å². The highest BCUT2D eigenvalue weighted by molar-refractivity contribution is 6.02. The van der Waals surface area contributed by atoms with Gasteiger partial charge in [-0.1, -0.05) is 18.2 Å². The number of rotatable bonds is 3. The molecule has 1 amide bonds. The minimum atomic E-state index is -0.321. The van der Waals surface area contributed by atoms with Gasteiger partial charge in [-0.2, -0.15) is 0 Å². The van der Waals surface area contributed by atoms with Gasteiger partial charge in [0.25, 0.3) is 0 Å². The Labute approximate surface area is 116 Å². The van der Waals surface area contributed by atoms with Crippen molar-refractivity contribution in [3.8, 4) is 0 Å². The first-order valence-corrected chi connectivity index (χ1v) is 6.64. The number of pyridine rings is 1. The fourth-order valence-electron chi connectivity index (χ4n) is 2.45. The van der Waals surface area contributed by atoms with Gasteiger partial charge in [-0.15, -0.1) is 0 Å². The summed E-state index contributed by atoms with van der Waals surface area (Å²) < 4.78 is 0. The Bertz CT molecular complexity index is 607. The zero-order chi connectivity index (χ0) is 13.9. The van der Waals surface area contributed by atoms with Crippen LogP contribution in [0.25, 0.3) is 0 Å². The Morgan fingerprint density at radius 2 is 2.05 bits per heavy atom. The number of amides is 1. The van der Waals surface area contributed by atoms with E-state index in [2.05, 4.69) is 15.6 Å². The van der Waals surface area contributed by atoms with Crippen molar-refractivity contribution in [2.45, 2.75) is 18.9 Å². The lowest BCUT2D eigenvalue weighted by molar-refractivity contribution is -0.119. The van der Waals surface area contributed by atoms with E-state index < -0.39 is 0 Å². The maximum atomic E-state index is 12.0. The molecule has 5 nitrogen and oxygen atoms in total. The highest BCUT2D eigenvalue weighted by Crippen LogP contribution is 2.27. The van der Waals surface area contributed by atoms with E-state index in [-0.39, 0.29) is 23.7 Å². The second-order valence-corrected chi connectivity index (χ2v) is 4.94. The molecule has 1 aromatic heterocycles. The van der Waals surface area contributed by atoms with Gasteiger partial charge in [0.05, 0.1) is 17.6 Å². The normalized spacial score (nSPS) is 24.0. The summed E-state index contributed by atoms with van der Waals surface area (Å²) in [7, 11) is 0. The van der Waals surface area contributed by atoms with E-state index in [0.29, 0.717) is 12.8 Å². The van der Waals surface area contributed by atoms with Gasteiger partial charge in [0.1, 0.15) is 6.04 Å². The monoisotopic (exact) mass is 269 g/mol. The van der Waals surface area contributed by atoms with Gasteiger partial charge >= 0.3 is 0 Å². The van der Waals surface area contributed by atoms with Crippen LogP contribution < -0.4 is 10.6 Å². The molecule has 1 aliphatic heterocycles. The van der Waals surface area contributed by atoms with Gasteiger partial charge in [0.15, 0.2) is 5.78 Å². The van der Waals surface area contributed by atoms with E-state index in [1.807, 2.05) is 12.2 Å².